The monoisotopic (exact) mass is 183 g/mol. The quantitative estimate of drug-likeness (QED) is 0.719. The van der Waals surface area contributed by atoms with Crippen molar-refractivity contribution in [2.24, 2.45) is 0 Å². The molecule has 13 heavy (non-hydrogen) atoms. The number of hydroxylamine groups is 2. The maximum atomic E-state index is 9.13. The van der Waals surface area contributed by atoms with Gasteiger partial charge in [0.1, 0.15) is 0 Å². The molecule has 1 heterocycles. The van der Waals surface area contributed by atoms with E-state index in [1.165, 1.54) is 5.06 Å². The summed E-state index contributed by atoms with van der Waals surface area (Å²) in [5, 5.41) is 14.7. The Morgan fingerprint density at radius 2 is 2.08 bits per heavy atom. The lowest BCUT2D eigenvalue weighted by atomic mass is 10.2. The van der Waals surface area contributed by atoms with Gasteiger partial charge in [-0.3, -0.25) is 4.68 Å². The molecular weight excluding hydrogens is 166 g/mol. The zero-order chi connectivity index (χ0) is 10.0. The zero-order valence-corrected chi connectivity index (χ0v) is 8.70. The smallest absolute Gasteiger partial charge is 0.0642 e. The van der Waals surface area contributed by atoms with Crippen molar-refractivity contribution in [3.05, 3.63) is 17.0 Å². The molecule has 4 heteroatoms. The van der Waals surface area contributed by atoms with Gasteiger partial charge in [-0.05, 0) is 20.8 Å². The lowest BCUT2D eigenvalue weighted by molar-refractivity contribution is -0.0734. The van der Waals surface area contributed by atoms with E-state index < -0.39 is 0 Å². The molecule has 0 unspecified atom stereocenters. The number of rotatable bonds is 3. The lowest BCUT2D eigenvalue weighted by Crippen LogP contribution is -2.13. The van der Waals surface area contributed by atoms with E-state index in [1.807, 2.05) is 18.5 Å². The van der Waals surface area contributed by atoms with Crippen LogP contribution in [0.1, 0.15) is 23.9 Å². The van der Waals surface area contributed by atoms with Gasteiger partial charge < -0.3 is 5.21 Å². The fraction of sp³-hybridized carbons (Fsp3) is 0.667. The first-order chi connectivity index (χ1) is 6.06. The Kier molecular flexibility index (Phi) is 3.06. The van der Waals surface area contributed by atoms with Gasteiger partial charge in [0.2, 0.25) is 0 Å². The molecule has 0 fully saturated rings. The standard InChI is InChI=1S/C9H17N3O/c1-5-12-8(3)9(6-11(4)13)7(2)10-12/h13H,5-6H2,1-4H3. The summed E-state index contributed by atoms with van der Waals surface area (Å²) in [7, 11) is 1.64. The van der Waals surface area contributed by atoms with E-state index in [0.717, 1.165) is 23.5 Å². The molecule has 0 amide bonds. The summed E-state index contributed by atoms with van der Waals surface area (Å²) in [6.45, 7) is 7.48. The van der Waals surface area contributed by atoms with Crippen LogP contribution in [0.3, 0.4) is 0 Å². The van der Waals surface area contributed by atoms with Crippen LogP contribution in [0.15, 0.2) is 0 Å². The summed E-state index contributed by atoms with van der Waals surface area (Å²) in [6, 6.07) is 0. The first kappa shape index (κ1) is 10.2. The maximum Gasteiger partial charge on any atom is 0.0642 e. The third kappa shape index (κ3) is 2.08. The van der Waals surface area contributed by atoms with Crippen LogP contribution in [-0.2, 0) is 13.1 Å². The molecular formula is C9H17N3O. The molecule has 1 aromatic heterocycles. The van der Waals surface area contributed by atoms with Gasteiger partial charge in [-0.25, -0.2) is 0 Å². The van der Waals surface area contributed by atoms with Crippen molar-refractivity contribution < 1.29 is 5.21 Å². The van der Waals surface area contributed by atoms with Gasteiger partial charge in [-0.1, -0.05) is 0 Å². The highest BCUT2D eigenvalue weighted by Crippen LogP contribution is 2.13. The highest BCUT2D eigenvalue weighted by Gasteiger charge is 2.11. The molecule has 0 aliphatic heterocycles. The Hall–Kier alpha value is -0.870. The van der Waals surface area contributed by atoms with Crippen LogP contribution in [0.4, 0.5) is 0 Å². The van der Waals surface area contributed by atoms with Gasteiger partial charge in [-0.15, -0.1) is 0 Å². The number of nitrogens with zero attached hydrogens (tertiary/aromatic N) is 3. The maximum absolute atomic E-state index is 9.13. The van der Waals surface area contributed by atoms with Crippen LogP contribution < -0.4 is 0 Å². The molecule has 0 aromatic carbocycles. The third-order valence-corrected chi connectivity index (χ3v) is 2.22. The predicted molar refractivity (Wildman–Crippen MR) is 50.6 cm³/mol. The van der Waals surface area contributed by atoms with Gasteiger partial charge in [0.15, 0.2) is 0 Å². The summed E-state index contributed by atoms with van der Waals surface area (Å²) < 4.78 is 1.95. The van der Waals surface area contributed by atoms with E-state index in [4.69, 9.17) is 5.21 Å². The van der Waals surface area contributed by atoms with Crippen molar-refractivity contribution in [3.8, 4) is 0 Å². The summed E-state index contributed by atoms with van der Waals surface area (Å²) >= 11 is 0. The first-order valence-corrected chi connectivity index (χ1v) is 4.49. The van der Waals surface area contributed by atoms with Crippen molar-refractivity contribution in [1.82, 2.24) is 14.8 Å². The molecule has 0 saturated carbocycles. The van der Waals surface area contributed by atoms with Crippen LogP contribution in [0, 0.1) is 13.8 Å². The highest BCUT2D eigenvalue weighted by atomic mass is 16.5. The highest BCUT2D eigenvalue weighted by molar-refractivity contribution is 5.23. The largest absolute Gasteiger partial charge is 0.314 e. The van der Waals surface area contributed by atoms with Crippen molar-refractivity contribution in [1.29, 1.82) is 0 Å². The Morgan fingerprint density at radius 3 is 2.46 bits per heavy atom. The molecule has 0 aliphatic rings. The second-order valence-corrected chi connectivity index (χ2v) is 3.28. The number of hydrogen-bond acceptors (Lipinski definition) is 3. The molecule has 1 aromatic rings. The van der Waals surface area contributed by atoms with E-state index >= 15 is 0 Å². The van der Waals surface area contributed by atoms with Crippen LogP contribution in [0.2, 0.25) is 0 Å². The first-order valence-electron chi connectivity index (χ1n) is 4.49. The lowest BCUT2D eigenvalue weighted by Gasteiger charge is -2.08. The van der Waals surface area contributed by atoms with Crippen molar-refractivity contribution in [2.45, 2.75) is 33.9 Å². The van der Waals surface area contributed by atoms with Gasteiger partial charge in [0.25, 0.3) is 0 Å². The zero-order valence-electron chi connectivity index (χ0n) is 8.70. The molecule has 0 radical (unpaired) electrons. The van der Waals surface area contributed by atoms with Crippen LogP contribution in [0.5, 0.6) is 0 Å². The van der Waals surface area contributed by atoms with Crippen LogP contribution in [-0.4, -0.2) is 27.1 Å². The molecule has 1 rings (SSSR count). The molecule has 0 aliphatic carbocycles. The SMILES string of the molecule is CCn1nc(C)c(CN(C)O)c1C. The van der Waals surface area contributed by atoms with E-state index in [-0.39, 0.29) is 0 Å². The van der Waals surface area contributed by atoms with E-state index in [1.54, 1.807) is 7.05 Å². The van der Waals surface area contributed by atoms with E-state index in [2.05, 4.69) is 12.0 Å². The van der Waals surface area contributed by atoms with Crippen LogP contribution in [0.25, 0.3) is 0 Å². The van der Waals surface area contributed by atoms with Crippen molar-refractivity contribution in [2.75, 3.05) is 7.05 Å². The summed E-state index contributed by atoms with van der Waals surface area (Å²) in [6.07, 6.45) is 0. The van der Waals surface area contributed by atoms with E-state index in [9.17, 15) is 0 Å². The van der Waals surface area contributed by atoms with Crippen LogP contribution >= 0.6 is 0 Å². The summed E-state index contributed by atoms with van der Waals surface area (Å²) in [4.78, 5) is 0. The molecule has 74 valence electrons. The Balaban J connectivity index is 2.98. The molecule has 0 bridgehead atoms. The Morgan fingerprint density at radius 1 is 1.46 bits per heavy atom. The minimum atomic E-state index is 0.539. The average molecular weight is 183 g/mol. The molecule has 0 atom stereocenters. The number of hydrogen-bond donors (Lipinski definition) is 1. The molecule has 0 spiro atoms. The van der Waals surface area contributed by atoms with Crippen molar-refractivity contribution in [3.63, 3.8) is 0 Å². The van der Waals surface area contributed by atoms with Crippen molar-refractivity contribution >= 4 is 0 Å². The fourth-order valence-electron chi connectivity index (χ4n) is 1.50. The second kappa shape index (κ2) is 3.89. The molecule has 1 N–H and O–H groups in total. The van der Waals surface area contributed by atoms with Gasteiger partial charge >= 0.3 is 0 Å². The summed E-state index contributed by atoms with van der Waals surface area (Å²) in [5.41, 5.74) is 3.26. The van der Waals surface area contributed by atoms with E-state index in [0.29, 0.717) is 6.54 Å². The third-order valence-electron chi connectivity index (χ3n) is 2.22. The number of aryl methyl sites for hydroxylation is 2. The predicted octanol–water partition coefficient (Wildman–Crippen LogP) is 1.34. The topological polar surface area (TPSA) is 41.3 Å². The minimum absolute atomic E-state index is 0.539. The molecule has 0 saturated heterocycles. The molecule has 4 nitrogen and oxygen atoms in total. The Labute approximate surface area is 78.7 Å². The second-order valence-electron chi connectivity index (χ2n) is 3.28. The van der Waals surface area contributed by atoms with Gasteiger partial charge in [0, 0.05) is 24.8 Å². The average Bonchev–Trinajstić information content (AvgIpc) is 2.31. The van der Waals surface area contributed by atoms with Gasteiger partial charge in [-0.2, -0.15) is 10.2 Å². The number of aromatic nitrogens is 2. The Bertz CT molecular complexity index is 291. The van der Waals surface area contributed by atoms with Gasteiger partial charge in [0.05, 0.1) is 12.2 Å². The normalized spacial score (nSPS) is 11.2. The fourth-order valence-corrected chi connectivity index (χ4v) is 1.50. The summed E-state index contributed by atoms with van der Waals surface area (Å²) in [5.74, 6) is 0. The minimum Gasteiger partial charge on any atom is -0.314 e.